The van der Waals surface area contributed by atoms with Crippen LogP contribution < -0.4 is 5.56 Å². The van der Waals surface area contributed by atoms with Crippen LogP contribution in [-0.2, 0) is 17.8 Å². The lowest BCUT2D eigenvalue weighted by Crippen LogP contribution is -2.28. The molecule has 120 valence electrons. The fraction of sp³-hybridized carbons (Fsp3) is 0.214. The predicted molar refractivity (Wildman–Crippen MR) is 83.9 cm³/mol. The van der Waals surface area contributed by atoms with Crippen molar-refractivity contribution >= 4 is 22.3 Å². The molecular weight excluding hydrogens is 322 g/mol. The van der Waals surface area contributed by atoms with Crippen molar-refractivity contribution in [2.75, 3.05) is 6.26 Å². The summed E-state index contributed by atoms with van der Waals surface area (Å²) >= 11 is 0. The number of nitro benzene ring substituents is 1. The predicted octanol–water partition coefficient (Wildman–Crippen LogP) is 1.30. The summed E-state index contributed by atoms with van der Waals surface area (Å²) in [5.74, 6) is -0.534. The molecule has 8 nitrogen and oxygen atoms in total. The van der Waals surface area contributed by atoms with E-state index in [0.29, 0.717) is 0 Å². The lowest BCUT2D eigenvalue weighted by Gasteiger charge is -2.12. The fourth-order valence-corrected chi connectivity index (χ4v) is 3.13. The molecule has 0 aliphatic heterocycles. The maximum Gasteiger partial charge on any atom is 0.283 e. The van der Waals surface area contributed by atoms with Gasteiger partial charge in [0.2, 0.25) is 0 Å². The van der Waals surface area contributed by atoms with Gasteiger partial charge in [0.1, 0.15) is 10.6 Å². The van der Waals surface area contributed by atoms with Gasteiger partial charge in [-0.2, -0.15) is 5.10 Å². The third-order valence-electron chi connectivity index (χ3n) is 3.20. The Kier molecular flexibility index (Phi) is 4.50. The second-order valence-corrected chi connectivity index (χ2v) is 6.08. The first-order chi connectivity index (χ1) is 10.8. The number of Topliss-reactive ketones (excluding diaryl/α,β-unsaturated/α-hetero) is 1. The van der Waals surface area contributed by atoms with Crippen LogP contribution in [0.3, 0.4) is 0 Å². The third kappa shape index (κ3) is 2.95. The smallest absolute Gasteiger partial charge is 0.283 e. The molecule has 1 aromatic heterocycles. The van der Waals surface area contributed by atoms with Gasteiger partial charge < -0.3 is 0 Å². The summed E-state index contributed by atoms with van der Waals surface area (Å²) in [6, 6.07) is 5.74. The van der Waals surface area contributed by atoms with E-state index in [-0.39, 0.29) is 27.4 Å². The number of ketones is 1. The van der Waals surface area contributed by atoms with Crippen LogP contribution in [0.1, 0.15) is 17.3 Å². The van der Waals surface area contributed by atoms with E-state index in [1.807, 2.05) is 0 Å². The quantitative estimate of drug-likeness (QED) is 0.473. The van der Waals surface area contributed by atoms with Crippen LogP contribution >= 0.6 is 0 Å². The molecule has 0 saturated heterocycles. The van der Waals surface area contributed by atoms with E-state index < -0.39 is 27.1 Å². The van der Waals surface area contributed by atoms with Crippen LogP contribution in [0.2, 0.25) is 0 Å². The van der Waals surface area contributed by atoms with Crippen LogP contribution in [-0.4, -0.2) is 31.0 Å². The van der Waals surface area contributed by atoms with Crippen LogP contribution in [0.5, 0.6) is 0 Å². The second-order valence-electron chi connectivity index (χ2n) is 4.77. The van der Waals surface area contributed by atoms with E-state index in [1.165, 1.54) is 38.4 Å². The van der Waals surface area contributed by atoms with E-state index in [9.17, 15) is 23.9 Å². The van der Waals surface area contributed by atoms with Gasteiger partial charge in [0.25, 0.3) is 11.2 Å². The number of rotatable bonds is 4. The third-order valence-corrected chi connectivity index (χ3v) is 4.15. The molecule has 0 aliphatic rings. The Balaban J connectivity index is 3.00. The molecule has 2 aromatic rings. The molecule has 0 fully saturated rings. The second kappa shape index (κ2) is 6.21. The molecule has 0 N–H and O–H groups in total. The summed E-state index contributed by atoms with van der Waals surface area (Å²) in [5.41, 5.74) is -1.02. The normalized spacial score (nSPS) is 12.0. The van der Waals surface area contributed by atoms with Gasteiger partial charge in [-0.15, -0.1) is 0 Å². The van der Waals surface area contributed by atoms with Gasteiger partial charge in [0.15, 0.2) is 5.78 Å². The van der Waals surface area contributed by atoms with E-state index in [0.717, 1.165) is 4.68 Å². The van der Waals surface area contributed by atoms with Crippen molar-refractivity contribution < 1.29 is 13.9 Å². The number of hydrogen-bond acceptors (Lipinski definition) is 6. The molecule has 0 amide bonds. The van der Waals surface area contributed by atoms with Crippen molar-refractivity contribution in [3.8, 4) is 11.3 Å². The molecule has 0 spiro atoms. The first-order valence-corrected chi connectivity index (χ1v) is 8.01. The number of carbonyl (C=O) groups excluding carboxylic acids is 1. The number of aryl methyl sites for hydroxylation is 1. The zero-order chi connectivity index (χ0) is 17.3. The van der Waals surface area contributed by atoms with Gasteiger partial charge in [-0.05, 0) is 13.0 Å². The topological polar surface area (TPSA) is 112 Å². The standard InChI is InChI=1S/C14H13N3O5S/c1-8(18)11-12(9-6-4-5-7-10(9)17(20)21)15-16(2)14(19)13(11)23(3)22/h4-7H,1-3H3. The molecule has 0 radical (unpaired) electrons. The molecule has 23 heavy (non-hydrogen) atoms. The van der Waals surface area contributed by atoms with Crippen molar-refractivity contribution in [1.29, 1.82) is 0 Å². The largest absolute Gasteiger partial charge is 0.294 e. The number of nitro groups is 1. The van der Waals surface area contributed by atoms with Crippen LogP contribution in [0.4, 0.5) is 5.69 Å². The SMILES string of the molecule is CC(=O)c1c(-c2ccccc2[N+](=O)[O-])nn(C)c(=O)c1S(C)=O. The van der Waals surface area contributed by atoms with Gasteiger partial charge in [0.05, 0.1) is 26.8 Å². The van der Waals surface area contributed by atoms with Crippen molar-refractivity contribution in [2.24, 2.45) is 7.05 Å². The highest BCUT2D eigenvalue weighted by molar-refractivity contribution is 7.84. The lowest BCUT2D eigenvalue weighted by molar-refractivity contribution is -0.384. The van der Waals surface area contributed by atoms with E-state index in [2.05, 4.69) is 5.10 Å². The molecule has 1 unspecified atom stereocenters. The van der Waals surface area contributed by atoms with Gasteiger partial charge >= 0.3 is 0 Å². The van der Waals surface area contributed by atoms with Crippen LogP contribution in [0, 0.1) is 10.1 Å². The van der Waals surface area contributed by atoms with E-state index >= 15 is 0 Å². The first-order valence-electron chi connectivity index (χ1n) is 6.45. The molecule has 0 aliphatic carbocycles. The van der Waals surface area contributed by atoms with Crippen LogP contribution in [0.25, 0.3) is 11.3 Å². The number of carbonyl (C=O) groups is 1. The average Bonchev–Trinajstić information content (AvgIpc) is 2.48. The minimum atomic E-state index is -1.75. The Bertz CT molecular complexity index is 904. The summed E-state index contributed by atoms with van der Waals surface area (Å²) in [6.07, 6.45) is 1.27. The highest BCUT2D eigenvalue weighted by atomic mass is 32.2. The molecule has 0 bridgehead atoms. The molecule has 1 heterocycles. The molecular formula is C14H13N3O5S. The summed E-state index contributed by atoms with van der Waals surface area (Å²) in [4.78, 5) is 34.6. The average molecular weight is 335 g/mol. The van der Waals surface area contributed by atoms with Gasteiger partial charge in [0, 0.05) is 19.4 Å². The summed E-state index contributed by atoms with van der Waals surface area (Å²) in [6.45, 7) is 1.20. The maximum absolute atomic E-state index is 12.2. The molecule has 1 aromatic carbocycles. The molecule has 9 heteroatoms. The Morgan fingerprint density at radius 2 is 1.96 bits per heavy atom. The monoisotopic (exact) mass is 335 g/mol. The molecule has 2 rings (SSSR count). The minimum Gasteiger partial charge on any atom is -0.294 e. The zero-order valence-electron chi connectivity index (χ0n) is 12.6. The number of nitrogens with zero attached hydrogens (tertiary/aromatic N) is 3. The van der Waals surface area contributed by atoms with Crippen molar-refractivity contribution in [1.82, 2.24) is 9.78 Å². The Morgan fingerprint density at radius 1 is 1.35 bits per heavy atom. The van der Waals surface area contributed by atoms with Crippen molar-refractivity contribution in [3.05, 3.63) is 50.3 Å². The summed E-state index contributed by atoms with van der Waals surface area (Å²) in [5, 5.41) is 15.2. The minimum absolute atomic E-state index is 0.0305. The maximum atomic E-state index is 12.2. The zero-order valence-corrected chi connectivity index (χ0v) is 13.4. The van der Waals surface area contributed by atoms with E-state index in [1.54, 1.807) is 6.07 Å². The molecule has 0 saturated carbocycles. The van der Waals surface area contributed by atoms with Crippen molar-refractivity contribution in [2.45, 2.75) is 11.8 Å². The Hall–Kier alpha value is -2.68. The van der Waals surface area contributed by atoms with Crippen LogP contribution in [0.15, 0.2) is 34.0 Å². The summed E-state index contributed by atoms with van der Waals surface area (Å²) in [7, 11) is -0.414. The van der Waals surface area contributed by atoms with Gasteiger partial charge in [-0.3, -0.25) is 23.9 Å². The highest BCUT2D eigenvalue weighted by Crippen LogP contribution is 2.31. The Labute approximate surface area is 133 Å². The summed E-state index contributed by atoms with van der Waals surface area (Å²) < 4.78 is 12.9. The van der Waals surface area contributed by atoms with Gasteiger partial charge in [-0.1, -0.05) is 12.1 Å². The number of aromatic nitrogens is 2. The number of para-hydroxylation sites is 1. The van der Waals surface area contributed by atoms with Crippen molar-refractivity contribution in [3.63, 3.8) is 0 Å². The number of hydrogen-bond donors (Lipinski definition) is 0. The lowest BCUT2D eigenvalue weighted by atomic mass is 10.0. The van der Waals surface area contributed by atoms with Gasteiger partial charge in [-0.25, -0.2) is 4.68 Å². The fourth-order valence-electron chi connectivity index (χ4n) is 2.22. The molecule has 1 atom stereocenters. The number of benzene rings is 1. The highest BCUT2D eigenvalue weighted by Gasteiger charge is 2.27. The van der Waals surface area contributed by atoms with E-state index in [4.69, 9.17) is 0 Å². The Morgan fingerprint density at radius 3 is 2.48 bits per heavy atom. The first kappa shape index (κ1) is 16.7.